The van der Waals surface area contributed by atoms with Crippen LogP contribution in [0.4, 0.5) is 5.13 Å². The van der Waals surface area contributed by atoms with Gasteiger partial charge in [0, 0.05) is 24.3 Å². The summed E-state index contributed by atoms with van der Waals surface area (Å²) in [5, 5.41) is 3.74. The maximum atomic E-state index is 10.9. The Balaban J connectivity index is 2.59. The molecule has 0 fully saturated rings. The Hall–Kier alpha value is -0.690. The van der Waals surface area contributed by atoms with E-state index in [1.165, 1.54) is 17.8 Å². The minimum atomic E-state index is -3.03. The highest BCUT2D eigenvalue weighted by Crippen LogP contribution is 2.12. The van der Waals surface area contributed by atoms with Crippen molar-refractivity contribution in [1.29, 1.82) is 0 Å². The fourth-order valence-electron chi connectivity index (χ4n) is 0.851. The molecule has 0 saturated heterocycles. The van der Waals surface area contributed by atoms with Crippen LogP contribution in [-0.2, 0) is 15.6 Å². The van der Waals surface area contributed by atoms with Crippen LogP contribution >= 0.6 is 11.5 Å². The lowest BCUT2D eigenvalue weighted by Gasteiger charge is -1.95. The zero-order chi connectivity index (χ0) is 10.6. The Bertz CT molecular complexity index is 385. The van der Waals surface area contributed by atoms with Gasteiger partial charge in [-0.05, 0) is 6.42 Å². The van der Waals surface area contributed by atoms with Crippen molar-refractivity contribution < 1.29 is 8.42 Å². The average Bonchev–Trinajstić information content (AvgIpc) is 2.46. The zero-order valence-corrected chi connectivity index (χ0v) is 9.78. The van der Waals surface area contributed by atoms with Crippen LogP contribution in [-0.4, -0.2) is 30.6 Å². The maximum absolute atomic E-state index is 10.9. The van der Waals surface area contributed by atoms with Gasteiger partial charge < -0.3 is 5.32 Å². The van der Waals surface area contributed by atoms with E-state index in [-0.39, 0.29) is 5.75 Å². The predicted molar refractivity (Wildman–Crippen MR) is 57.2 cm³/mol. The number of rotatable bonds is 5. The predicted octanol–water partition coefficient (Wildman–Crippen LogP) is 0.905. The van der Waals surface area contributed by atoms with Gasteiger partial charge in [0.05, 0.1) is 0 Å². The summed E-state index contributed by atoms with van der Waals surface area (Å²) >= 11 is 1.19. The summed E-state index contributed by atoms with van der Waals surface area (Å²) in [4.78, 5) is 4.05. The molecule has 14 heavy (non-hydrogen) atoms. The molecule has 0 amide bonds. The van der Waals surface area contributed by atoms with E-state index in [1.54, 1.807) is 0 Å². The van der Waals surface area contributed by atoms with Gasteiger partial charge in [-0.25, -0.2) is 13.4 Å². The van der Waals surface area contributed by atoms with E-state index in [2.05, 4.69) is 14.7 Å². The molecule has 1 aromatic heterocycles. The molecule has 7 heteroatoms. The molecule has 0 bridgehead atoms. The van der Waals surface area contributed by atoms with E-state index in [1.807, 2.05) is 6.92 Å². The molecule has 1 rings (SSSR count). The van der Waals surface area contributed by atoms with Crippen molar-refractivity contribution in [2.24, 2.45) is 0 Å². The second-order valence-corrected chi connectivity index (χ2v) is 5.90. The first kappa shape index (κ1) is 11.4. The van der Waals surface area contributed by atoms with Gasteiger partial charge in [0.1, 0.15) is 5.75 Å². The monoisotopic (exact) mass is 235 g/mol. The van der Waals surface area contributed by atoms with Crippen molar-refractivity contribution >= 4 is 26.5 Å². The molecule has 0 aromatic carbocycles. The van der Waals surface area contributed by atoms with E-state index in [0.29, 0.717) is 11.0 Å². The van der Waals surface area contributed by atoms with Crippen LogP contribution in [0.5, 0.6) is 0 Å². The second-order valence-electron chi connectivity index (χ2n) is 3.01. The first-order valence-electron chi connectivity index (χ1n) is 4.25. The summed E-state index contributed by atoms with van der Waals surface area (Å²) in [7, 11) is -3.03. The van der Waals surface area contributed by atoms with Gasteiger partial charge in [0.2, 0.25) is 5.13 Å². The number of hydrogen-bond acceptors (Lipinski definition) is 6. The number of sulfone groups is 1. The SMILES string of the molecule is CCCNc1nc(CS(C)(=O)=O)ns1. The number of nitrogens with one attached hydrogen (secondary N) is 1. The van der Waals surface area contributed by atoms with Gasteiger partial charge in [-0.3, -0.25) is 0 Å². The van der Waals surface area contributed by atoms with Crippen molar-refractivity contribution in [3.8, 4) is 0 Å². The van der Waals surface area contributed by atoms with Gasteiger partial charge in [-0.15, -0.1) is 0 Å². The van der Waals surface area contributed by atoms with E-state index in [9.17, 15) is 8.42 Å². The molecule has 0 aliphatic carbocycles. The summed E-state index contributed by atoms with van der Waals surface area (Å²) < 4.78 is 25.8. The number of anilines is 1. The standard InChI is InChI=1S/C7H13N3O2S2/c1-3-4-8-7-9-6(10-13-7)5-14(2,11)12/h3-5H2,1-2H3,(H,8,9,10). The highest BCUT2D eigenvalue weighted by atomic mass is 32.2. The molecule has 0 aliphatic rings. The van der Waals surface area contributed by atoms with E-state index >= 15 is 0 Å². The molecular formula is C7H13N3O2S2. The first-order valence-corrected chi connectivity index (χ1v) is 7.09. The summed E-state index contributed by atoms with van der Waals surface area (Å²) in [5.74, 6) is 0.285. The fraction of sp³-hybridized carbons (Fsp3) is 0.714. The molecule has 0 atom stereocenters. The van der Waals surface area contributed by atoms with Gasteiger partial charge in [0.15, 0.2) is 15.7 Å². The smallest absolute Gasteiger partial charge is 0.202 e. The second kappa shape index (κ2) is 4.70. The molecule has 1 heterocycles. The highest BCUT2D eigenvalue weighted by molar-refractivity contribution is 7.89. The number of aromatic nitrogens is 2. The van der Waals surface area contributed by atoms with Crippen LogP contribution in [0, 0.1) is 0 Å². The van der Waals surface area contributed by atoms with Crippen molar-refractivity contribution in [3.63, 3.8) is 0 Å². The Morgan fingerprint density at radius 3 is 2.79 bits per heavy atom. The first-order chi connectivity index (χ1) is 6.51. The Morgan fingerprint density at radius 2 is 2.21 bits per heavy atom. The van der Waals surface area contributed by atoms with E-state index < -0.39 is 9.84 Å². The lowest BCUT2D eigenvalue weighted by molar-refractivity contribution is 0.600. The Morgan fingerprint density at radius 1 is 1.50 bits per heavy atom. The molecule has 80 valence electrons. The van der Waals surface area contributed by atoms with Crippen molar-refractivity contribution in [3.05, 3.63) is 5.82 Å². The third-order valence-corrected chi connectivity index (χ3v) is 2.88. The van der Waals surface area contributed by atoms with Crippen LogP contribution in [0.25, 0.3) is 0 Å². The third-order valence-electron chi connectivity index (χ3n) is 1.39. The molecule has 0 radical (unpaired) electrons. The number of nitrogens with zero attached hydrogens (tertiary/aromatic N) is 2. The topological polar surface area (TPSA) is 72.0 Å². The zero-order valence-electron chi connectivity index (χ0n) is 8.15. The molecule has 1 N–H and O–H groups in total. The normalized spacial score (nSPS) is 11.6. The Labute approximate surface area is 87.7 Å². The van der Waals surface area contributed by atoms with Crippen LogP contribution in [0.15, 0.2) is 0 Å². The van der Waals surface area contributed by atoms with Crippen LogP contribution in [0.3, 0.4) is 0 Å². The van der Waals surface area contributed by atoms with Gasteiger partial charge in [0.25, 0.3) is 0 Å². The largest absolute Gasteiger partial charge is 0.360 e. The number of hydrogen-bond donors (Lipinski definition) is 1. The lowest BCUT2D eigenvalue weighted by atomic mass is 10.5. The lowest BCUT2D eigenvalue weighted by Crippen LogP contribution is -2.03. The summed E-state index contributed by atoms with van der Waals surface area (Å²) in [6.45, 7) is 2.87. The third kappa shape index (κ3) is 4.01. The minimum Gasteiger partial charge on any atom is -0.360 e. The Kier molecular flexibility index (Phi) is 3.82. The quantitative estimate of drug-likeness (QED) is 0.821. The molecule has 0 spiro atoms. The van der Waals surface area contributed by atoms with Crippen molar-refractivity contribution in [2.75, 3.05) is 18.1 Å². The summed E-state index contributed by atoms with van der Waals surface area (Å²) in [6.07, 6.45) is 2.17. The van der Waals surface area contributed by atoms with Gasteiger partial charge in [-0.2, -0.15) is 4.37 Å². The molecule has 0 saturated carbocycles. The minimum absolute atomic E-state index is 0.0860. The fourth-order valence-corrected chi connectivity index (χ4v) is 2.14. The molecule has 1 aromatic rings. The van der Waals surface area contributed by atoms with Gasteiger partial charge in [-0.1, -0.05) is 6.92 Å². The van der Waals surface area contributed by atoms with Gasteiger partial charge >= 0.3 is 0 Å². The summed E-state index contributed by atoms with van der Waals surface area (Å²) in [6, 6.07) is 0. The summed E-state index contributed by atoms with van der Waals surface area (Å²) in [5.41, 5.74) is 0. The van der Waals surface area contributed by atoms with E-state index in [4.69, 9.17) is 0 Å². The van der Waals surface area contributed by atoms with Crippen LogP contribution in [0.1, 0.15) is 19.2 Å². The van der Waals surface area contributed by atoms with Crippen molar-refractivity contribution in [1.82, 2.24) is 9.36 Å². The highest BCUT2D eigenvalue weighted by Gasteiger charge is 2.09. The van der Waals surface area contributed by atoms with E-state index in [0.717, 1.165) is 13.0 Å². The molecule has 5 nitrogen and oxygen atoms in total. The van der Waals surface area contributed by atoms with Crippen LogP contribution in [0.2, 0.25) is 0 Å². The molecule has 0 aliphatic heterocycles. The molecule has 0 unspecified atom stereocenters. The van der Waals surface area contributed by atoms with Crippen LogP contribution < -0.4 is 5.32 Å². The molecular weight excluding hydrogens is 222 g/mol. The maximum Gasteiger partial charge on any atom is 0.202 e. The average molecular weight is 235 g/mol. The van der Waals surface area contributed by atoms with Crippen molar-refractivity contribution in [2.45, 2.75) is 19.1 Å².